The van der Waals surface area contributed by atoms with E-state index in [1.54, 1.807) is 13.8 Å². The van der Waals surface area contributed by atoms with Crippen LogP contribution in [0.5, 0.6) is 5.75 Å². The second-order valence-electron chi connectivity index (χ2n) is 5.14. The fourth-order valence-corrected chi connectivity index (χ4v) is 1.91. The summed E-state index contributed by atoms with van der Waals surface area (Å²) < 4.78 is 10.2. The molecule has 0 unspecified atom stereocenters. The Hall–Kier alpha value is -3.22. The van der Waals surface area contributed by atoms with Crippen LogP contribution >= 0.6 is 0 Å². The minimum atomic E-state index is -0.847. The quantitative estimate of drug-likeness (QED) is 0.361. The van der Waals surface area contributed by atoms with E-state index in [0.29, 0.717) is 5.56 Å². The van der Waals surface area contributed by atoms with E-state index < -0.39 is 16.9 Å². The Kier molecular flexibility index (Phi) is 5.26. The highest BCUT2D eigenvalue weighted by molar-refractivity contribution is 5.95. The van der Waals surface area contributed by atoms with Crippen molar-refractivity contribution >= 4 is 17.6 Å². The Morgan fingerprint density at radius 2 is 1.62 bits per heavy atom. The fourth-order valence-electron chi connectivity index (χ4n) is 1.91. The molecule has 7 heteroatoms. The maximum atomic E-state index is 12.1. The average Bonchev–Trinajstić information content (AvgIpc) is 2.54. The van der Waals surface area contributed by atoms with Crippen LogP contribution in [-0.2, 0) is 4.74 Å². The summed E-state index contributed by atoms with van der Waals surface area (Å²) in [6.45, 7) is 3.47. The SMILES string of the molecule is CC(C)OC(=O)c1ccc(OC(=O)c2ccccc2[N+](=O)[O-])cc1. The van der Waals surface area contributed by atoms with Crippen molar-refractivity contribution in [1.82, 2.24) is 0 Å². The summed E-state index contributed by atoms with van der Waals surface area (Å²) in [7, 11) is 0. The summed E-state index contributed by atoms with van der Waals surface area (Å²) >= 11 is 0. The van der Waals surface area contributed by atoms with Crippen molar-refractivity contribution in [2.24, 2.45) is 0 Å². The number of carbonyl (C=O) groups is 2. The lowest BCUT2D eigenvalue weighted by atomic mass is 10.2. The smallest absolute Gasteiger partial charge is 0.350 e. The molecule has 0 saturated heterocycles. The Morgan fingerprint density at radius 3 is 2.21 bits per heavy atom. The van der Waals surface area contributed by atoms with Crippen molar-refractivity contribution in [3.8, 4) is 5.75 Å². The standard InChI is InChI=1S/C17H15NO6/c1-11(2)23-16(19)12-7-9-13(10-8-12)24-17(20)14-5-3-4-6-15(14)18(21)22/h3-11H,1-2H3. The van der Waals surface area contributed by atoms with Crippen molar-refractivity contribution < 1.29 is 24.0 Å². The molecule has 2 rings (SSSR count). The number of nitrogens with zero attached hydrogens (tertiary/aromatic N) is 1. The van der Waals surface area contributed by atoms with Gasteiger partial charge >= 0.3 is 11.9 Å². The maximum absolute atomic E-state index is 12.1. The van der Waals surface area contributed by atoms with Gasteiger partial charge in [0.15, 0.2) is 0 Å². The summed E-state index contributed by atoms with van der Waals surface area (Å²) in [6, 6.07) is 11.3. The minimum Gasteiger partial charge on any atom is -0.459 e. The molecule has 24 heavy (non-hydrogen) atoms. The van der Waals surface area contributed by atoms with E-state index in [4.69, 9.17) is 9.47 Å². The number of hydrogen-bond acceptors (Lipinski definition) is 6. The topological polar surface area (TPSA) is 95.7 Å². The van der Waals surface area contributed by atoms with Gasteiger partial charge in [0.2, 0.25) is 0 Å². The van der Waals surface area contributed by atoms with Crippen LogP contribution in [0.25, 0.3) is 0 Å². The number of benzene rings is 2. The number of hydrogen-bond donors (Lipinski definition) is 0. The highest BCUT2D eigenvalue weighted by Crippen LogP contribution is 2.21. The molecule has 0 amide bonds. The van der Waals surface area contributed by atoms with E-state index in [-0.39, 0.29) is 23.1 Å². The largest absolute Gasteiger partial charge is 0.459 e. The van der Waals surface area contributed by atoms with E-state index in [9.17, 15) is 19.7 Å². The number of rotatable bonds is 5. The molecule has 0 heterocycles. The number of nitro benzene ring substituents is 1. The normalized spacial score (nSPS) is 10.3. The second-order valence-corrected chi connectivity index (χ2v) is 5.14. The van der Waals surface area contributed by atoms with Crippen LogP contribution in [0.15, 0.2) is 48.5 Å². The average molecular weight is 329 g/mol. The monoisotopic (exact) mass is 329 g/mol. The van der Waals surface area contributed by atoms with Gasteiger partial charge in [-0.05, 0) is 44.2 Å². The lowest BCUT2D eigenvalue weighted by Gasteiger charge is -2.08. The molecule has 0 saturated carbocycles. The summed E-state index contributed by atoms with van der Waals surface area (Å²) in [5, 5.41) is 10.9. The molecule has 7 nitrogen and oxygen atoms in total. The van der Waals surface area contributed by atoms with E-state index in [0.717, 1.165) is 0 Å². The third-order valence-electron chi connectivity index (χ3n) is 2.96. The molecular formula is C17H15NO6. The van der Waals surface area contributed by atoms with Gasteiger partial charge in [-0.3, -0.25) is 10.1 Å². The van der Waals surface area contributed by atoms with Gasteiger partial charge in [-0.25, -0.2) is 9.59 Å². The molecule has 0 aliphatic rings. The first-order valence-corrected chi connectivity index (χ1v) is 7.15. The van der Waals surface area contributed by atoms with Crippen molar-refractivity contribution in [3.05, 3.63) is 69.8 Å². The van der Waals surface area contributed by atoms with Crippen LogP contribution in [0.1, 0.15) is 34.6 Å². The van der Waals surface area contributed by atoms with Crippen molar-refractivity contribution in [1.29, 1.82) is 0 Å². The molecule has 0 aromatic heterocycles. The van der Waals surface area contributed by atoms with Crippen LogP contribution in [0.2, 0.25) is 0 Å². The molecule has 0 aliphatic heterocycles. The zero-order chi connectivity index (χ0) is 17.7. The lowest BCUT2D eigenvalue weighted by molar-refractivity contribution is -0.385. The molecule has 0 aliphatic carbocycles. The third-order valence-corrected chi connectivity index (χ3v) is 2.96. The first-order valence-electron chi connectivity index (χ1n) is 7.15. The molecule has 0 spiro atoms. The highest BCUT2D eigenvalue weighted by Gasteiger charge is 2.21. The Balaban J connectivity index is 2.13. The minimum absolute atomic E-state index is 0.147. The maximum Gasteiger partial charge on any atom is 0.350 e. The Morgan fingerprint density at radius 1 is 1.00 bits per heavy atom. The molecule has 0 N–H and O–H groups in total. The first-order chi connectivity index (χ1) is 11.4. The van der Waals surface area contributed by atoms with Crippen molar-refractivity contribution in [2.45, 2.75) is 20.0 Å². The third kappa shape index (κ3) is 4.16. The van der Waals surface area contributed by atoms with E-state index >= 15 is 0 Å². The number of carbonyl (C=O) groups excluding carboxylic acids is 2. The summed E-state index contributed by atoms with van der Waals surface area (Å²) in [4.78, 5) is 34.1. The fraction of sp³-hybridized carbons (Fsp3) is 0.176. The Labute approximate surface area is 138 Å². The summed E-state index contributed by atoms with van der Waals surface area (Å²) in [6.07, 6.45) is -0.242. The predicted octanol–water partition coefficient (Wildman–Crippen LogP) is 3.38. The predicted molar refractivity (Wildman–Crippen MR) is 85.0 cm³/mol. The zero-order valence-electron chi connectivity index (χ0n) is 13.1. The van der Waals surface area contributed by atoms with E-state index in [2.05, 4.69) is 0 Å². The lowest BCUT2D eigenvalue weighted by Crippen LogP contribution is -2.12. The zero-order valence-corrected chi connectivity index (χ0v) is 13.1. The van der Waals surface area contributed by atoms with Gasteiger partial charge in [0, 0.05) is 6.07 Å². The van der Waals surface area contributed by atoms with Crippen molar-refractivity contribution in [3.63, 3.8) is 0 Å². The molecule has 0 atom stereocenters. The first kappa shape index (κ1) is 17.1. The second kappa shape index (κ2) is 7.36. The van der Waals surface area contributed by atoms with Gasteiger partial charge in [0.05, 0.1) is 16.6 Å². The molecular weight excluding hydrogens is 314 g/mol. The van der Waals surface area contributed by atoms with Crippen LogP contribution in [-0.4, -0.2) is 23.0 Å². The molecule has 0 bridgehead atoms. The number of para-hydroxylation sites is 1. The van der Waals surface area contributed by atoms with Crippen molar-refractivity contribution in [2.75, 3.05) is 0 Å². The molecule has 0 fully saturated rings. The van der Waals surface area contributed by atoms with Gasteiger partial charge in [-0.1, -0.05) is 12.1 Å². The Bertz CT molecular complexity index is 767. The number of nitro groups is 1. The van der Waals surface area contributed by atoms with Gasteiger partial charge in [-0.15, -0.1) is 0 Å². The van der Waals surface area contributed by atoms with Gasteiger partial charge in [-0.2, -0.15) is 0 Å². The van der Waals surface area contributed by atoms with E-state index in [1.165, 1.54) is 48.5 Å². The highest BCUT2D eigenvalue weighted by atomic mass is 16.6. The van der Waals surface area contributed by atoms with Crippen LogP contribution in [0.3, 0.4) is 0 Å². The summed E-state index contributed by atoms with van der Waals surface area (Å²) in [5.74, 6) is -1.17. The van der Waals surface area contributed by atoms with Gasteiger partial charge in [0.1, 0.15) is 11.3 Å². The van der Waals surface area contributed by atoms with E-state index in [1.807, 2.05) is 0 Å². The van der Waals surface area contributed by atoms with Gasteiger partial charge in [0.25, 0.3) is 5.69 Å². The molecule has 2 aromatic rings. The van der Waals surface area contributed by atoms with Crippen LogP contribution in [0.4, 0.5) is 5.69 Å². The molecule has 124 valence electrons. The summed E-state index contributed by atoms with van der Waals surface area (Å²) in [5.41, 5.74) is -0.167. The number of esters is 2. The number of ether oxygens (including phenoxy) is 2. The van der Waals surface area contributed by atoms with Crippen LogP contribution < -0.4 is 4.74 Å². The molecule has 2 aromatic carbocycles. The molecule has 0 radical (unpaired) electrons. The van der Waals surface area contributed by atoms with Gasteiger partial charge < -0.3 is 9.47 Å². The van der Waals surface area contributed by atoms with Crippen LogP contribution in [0, 0.1) is 10.1 Å².